The van der Waals surface area contributed by atoms with Gasteiger partial charge in [0.05, 0.1) is 12.3 Å². The Hall–Kier alpha value is -1.62. The third kappa shape index (κ3) is 3.20. The molecule has 1 atom stereocenters. The molecule has 84 valence electrons. The summed E-state index contributed by atoms with van der Waals surface area (Å²) in [6, 6.07) is 8.33. The summed E-state index contributed by atoms with van der Waals surface area (Å²) < 4.78 is 0. The van der Waals surface area contributed by atoms with Crippen LogP contribution < -0.4 is 0 Å². The summed E-state index contributed by atoms with van der Waals surface area (Å²) in [6.45, 7) is 0. The molecule has 0 spiro atoms. The van der Waals surface area contributed by atoms with Crippen LogP contribution in [0, 0.1) is 0 Å². The third-order valence-corrected chi connectivity index (χ3v) is 2.33. The summed E-state index contributed by atoms with van der Waals surface area (Å²) in [5.74, 6) is -2.88. The van der Waals surface area contributed by atoms with Gasteiger partial charge in [-0.25, -0.2) is 0 Å². The standard InChI is InChI=1S/C11H10O4S/c12-9(13)6-8(10(14)11(15)16)7-4-2-1-3-5-7/h1-5,8H,6H2,(H,12,13)(H,15,16). The van der Waals surface area contributed by atoms with Gasteiger partial charge in [0, 0.05) is 0 Å². The van der Waals surface area contributed by atoms with Gasteiger partial charge >= 0.3 is 5.97 Å². The van der Waals surface area contributed by atoms with Gasteiger partial charge in [-0.1, -0.05) is 43.0 Å². The molecule has 0 saturated heterocycles. The Morgan fingerprint density at radius 3 is 2.19 bits per heavy atom. The molecule has 1 aromatic rings. The molecule has 4 nitrogen and oxygen atoms in total. The van der Waals surface area contributed by atoms with Crippen molar-refractivity contribution in [3.05, 3.63) is 35.9 Å². The number of aliphatic carboxylic acids is 1. The number of thiol groups is 1. The van der Waals surface area contributed by atoms with E-state index in [1.807, 2.05) is 0 Å². The van der Waals surface area contributed by atoms with E-state index in [0.29, 0.717) is 5.56 Å². The smallest absolute Gasteiger partial charge is 0.304 e. The topological polar surface area (TPSA) is 71.4 Å². The van der Waals surface area contributed by atoms with Gasteiger partial charge in [-0.05, 0) is 5.56 Å². The van der Waals surface area contributed by atoms with Crippen molar-refractivity contribution < 1.29 is 19.5 Å². The predicted molar refractivity (Wildman–Crippen MR) is 60.4 cm³/mol. The molecule has 0 saturated carbocycles. The molecule has 0 amide bonds. The van der Waals surface area contributed by atoms with Gasteiger partial charge < -0.3 is 5.11 Å². The number of carboxylic acid groups (broad SMARTS) is 1. The number of benzene rings is 1. The van der Waals surface area contributed by atoms with Gasteiger partial charge in [-0.3, -0.25) is 14.4 Å². The Kier molecular flexibility index (Phi) is 4.25. The van der Waals surface area contributed by atoms with Crippen molar-refractivity contribution in [3.8, 4) is 0 Å². The lowest BCUT2D eigenvalue weighted by Crippen LogP contribution is -2.21. The zero-order valence-corrected chi connectivity index (χ0v) is 9.18. The summed E-state index contributed by atoms with van der Waals surface area (Å²) in [5, 5.41) is 7.77. The molecule has 1 aromatic carbocycles. The van der Waals surface area contributed by atoms with Crippen LogP contribution in [0.25, 0.3) is 0 Å². The van der Waals surface area contributed by atoms with E-state index >= 15 is 0 Å². The fourth-order valence-electron chi connectivity index (χ4n) is 1.37. The number of hydrogen-bond donors (Lipinski definition) is 2. The molecule has 16 heavy (non-hydrogen) atoms. The fraction of sp³-hybridized carbons (Fsp3) is 0.182. The van der Waals surface area contributed by atoms with Crippen molar-refractivity contribution in [2.24, 2.45) is 0 Å². The van der Waals surface area contributed by atoms with Crippen LogP contribution in [-0.2, 0) is 14.4 Å². The van der Waals surface area contributed by atoms with Crippen LogP contribution in [0.4, 0.5) is 0 Å². The van der Waals surface area contributed by atoms with E-state index in [4.69, 9.17) is 5.11 Å². The van der Waals surface area contributed by atoms with E-state index in [0.717, 1.165) is 0 Å². The molecule has 0 aliphatic heterocycles. The van der Waals surface area contributed by atoms with Crippen molar-refractivity contribution in [3.63, 3.8) is 0 Å². The Morgan fingerprint density at radius 1 is 1.19 bits per heavy atom. The van der Waals surface area contributed by atoms with Crippen LogP contribution in [0.15, 0.2) is 30.3 Å². The monoisotopic (exact) mass is 238 g/mol. The highest BCUT2D eigenvalue weighted by atomic mass is 32.1. The quantitative estimate of drug-likeness (QED) is 0.598. The maximum absolute atomic E-state index is 11.5. The van der Waals surface area contributed by atoms with Gasteiger partial charge in [0.2, 0.25) is 5.78 Å². The van der Waals surface area contributed by atoms with Crippen LogP contribution in [0.5, 0.6) is 0 Å². The molecular formula is C11H10O4S. The average Bonchev–Trinajstić information content (AvgIpc) is 2.26. The SMILES string of the molecule is O=C(O)CC(C(=O)C(=O)S)c1ccccc1. The molecule has 1 unspecified atom stereocenters. The Labute approximate surface area is 97.7 Å². The van der Waals surface area contributed by atoms with Crippen LogP contribution in [0.2, 0.25) is 0 Å². The highest BCUT2D eigenvalue weighted by Crippen LogP contribution is 2.21. The van der Waals surface area contributed by atoms with Gasteiger partial charge in [0.25, 0.3) is 5.12 Å². The maximum atomic E-state index is 11.5. The van der Waals surface area contributed by atoms with Gasteiger partial charge in [-0.2, -0.15) is 0 Å². The van der Waals surface area contributed by atoms with E-state index in [-0.39, 0.29) is 0 Å². The first kappa shape index (κ1) is 12.4. The fourth-order valence-corrected chi connectivity index (χ4v) is 1.53. The van der Waals surface area contributed by atoms with Gasteiger partial charge in [-0.15, -0.1) is 0 Å². The van der Waals surface area contributed by atoms with Gasteiger partial charge in [0.15, 0.2) is 0 Å². The van der Waals surface area contributed by atoms with Crippen LogP contribution >= 0.6 is 12.6 Å². The van der Waals surface area contributed by atoms with Crippen molar-refractivity contribution in [1.82, 2.24) is 0 Å². The van der Waals surface area contributed by atoms with Gasteiger partial charge in [0.1, 0.15) is 0 Å². The molecule has 0 aliphatic rings. The molecule has 0 heterocycles. The number of carboxylic acids is 1. The number of hydrogen-bond acceptors (Lipinski definition) is 3. The highest BCUT2D eigenvalue weighted by Gasteiger charge is 2.26. The molecular weight excluding hydrogens is 228 g/mol. The average molecular weight is 238 g/mol. The van der Waals surface area contributed by atoms with Crippen molar-refractivity contribution in [2.45, 2.75) is 12.3 Å². The molecule has 0 aromatic heterocycles. The predicted octanol–water partition coefficient (Wildman–Crippen LogP) is 1.27. The first-order valence-electron chi connectivity index (χ1n) is 4.56. The van der Waals surface area contributed by atoms with E-state index in [1.165, 1.54) is 0 Å². The summed E-state index contributed by atoms with van der Waals surface area (Å²) in [4.78, 5) is 33.0. The number of ketones is 1. The van der Waals surface area contributed by atoms with Crippen molar-refractivity contribution in [2.75, 3.05) is 0 Å². The molecule has 0 aliphatic carbocycles. The summed E-state index contributed by atoms with van der Waals surface area (Å²) in [6.07, 6.45) is -0.408. The Bertz CT molecular complexity index is 413. The summed E-state index contributed by atoms with van der Waals surface area (Å²) in [5.41, 5.74) is 0.511. The van der Waals surface area contributed by atoms with Crippen LogP contribution in [-0.4, -0.2) is 22.0 Å². The van der Waals surface area contributed by atoms with E-state index < -0.39 is 29.2 Å². The lowest BCUT2D eigenvalue weighted by atomic mass is 9.92. The molecule has 1 N–H and O–H groups in total. The summed E-state index contributed by atoms with van der Waals surface area (Å²) in [7, 11) is 0. The van der Waals surface area contributed by atoms with E-state index in [2.05, 4.69) is 12.6 Å². The van der Waals surface area contributed by atoms with Crippen LogP contribution in [0.3, 0.4) is 0 Å². The third-order valence-electron chi connectivity index (χ3n) is 2.11. The van der Waals surface area contributed by atoms with Crippen LogP contribution in [0.1, 0.15) is 17.9 Å². The second-order valence-corrected chi connectivity index (χ2v) is 3.64. The molecule has 0 radical (unpaired) electrons. The van der Waals surface area contributed by atoms with E-state index in [1.54, 1.807) is 30.3 Å². The van der Waals surface area contributed by atoms with Crippen molar-refractivity contribution in [1.29, 1.82) is 0 Å². The van der Waals surface area contributed by atoms with Crippen molar-refractivity contribution >= 4 is 29.5 Å². The molecule has 1 rings (SSSR count). The molecule has 5 heteroatoms. The zero-order valence-electron chi connectivity index (χ0n) is 8.29. The zero-order chi connectivity index (χ0) is 12.1. The molecule has 0 bridgehead atoms. The largest absolute Gasteiger partial charge is 0.481 e. The lowest BCUT2D eigenvalue weighted by molar-refractivity contribution is -0.140. The minimum atomic E-state index is -1.13. The highest BCUT2D eigenvalue weighted by molar-refractivity contribution is 7.98. The summed E-state index contributed by atoms with van der Waals surface area (Å²) >= 11 is 3.42. The number of carbonyl (C=O) groups excluding carboxylic acids is 2. The maximum Gasteiger partial charge on any atom is 0.304 e. The minimum Gasteiger partial charge on any atom is -0.481 e. The molecule has 0 fully saturated rings. The first-order chi connectivity index (χ1) is 7.52. The number of rotatable bonds is 5. The lowest BCUT2D eigenvalue weighted by Gasteiger charge is -2.11. The Balaban J connectivity index is 3.01. The minimum absolute atomic E-state index is 0.408. The van der Waals surface area contributed by atoms with E-state index in [9.17, 15) is 14.4 Å². The first-order valence-corrected chi connectivity index (χ1v) is 5.01. The number of carbonyl (C=O) groups is 3. The second-order valence-electron chi connectivity index (χ2n) is 3.23. The number of Topliss-reactive ketones (excluding diaryl/α,β-unsaturated/α-hetero) is 1. The second kappa shape index (κ2) is 5.46. The Morgan fingerprint density at radius 2 is 1.75 bits per heavy atom. The normalized spacial score (nSPS) is 11.8.